The van der Waals surface area contributed by atoms with Gasteiger partial charge in [-0.25, -0.2) is 8.78 Å². The van der Waals surface area contributed by atoms with Crippen LogP contribution in [0.2, 0.25) is 0 Å². The van der Waals surface area contributed by atoms with Crippen LogP contribution in [0.15, 0.2) is 47.6 Å². The molecule has 0 amide bonds. The average molecular weight is 264 g/mol. The number of nitrogens with zero attached hydrogens (tertiary/aromatic N) is 1. The Morgan fingerprint density at radius 3 is 2.47 bits per heavy atom. The van der Waals surface area contributed by atoms with Crippen molar-refractivity contribution in [3.8, 4) is 0 Å². The predicted molar refractivity (Wildman–Crippen MR) is 76.6 cm³/mol. The molecule has 0 unspecified atom stereocenters. The second kappa shape index (κ2) is 5.78. The summed E-state index contributed by atoms with van der Waals surface area (Å²) in [5, 5.41) is 0. The van der Waals surface area contributed by atoms with Crippen molar-refractivity contribution in [3.63, 3.8) is 0 Å². The van der Waals surface area contributed by atoms with Crippen LogP contribution in [-0.4, -0.2) is 5.71 Å². The number of hydrogen-bond donors (Lipinski definition) is 1. The minimum atomic E-state index is -2.91. The molecule has 0 aliphatic carbocycles. The van der Waals surface area contributed by atoms with Gasteiger partial charge in [-0.05, 0) is 32.1 Å². The van der Waals surface area contributed by atoms with E-state index in [-0.39, 0.29) is 5.56 Å². The standard InChI is InChI=1S/C15H18F2N2/c1-5-19-14(8-10(2)3)12-9-11(15(4,16)17)6-7-13(12)18/h5-9H,1,18H2,2-4H3/b19-14+. The van der Waals surface area contributed by atoms with Gasteiger partial charge in [0, 0.05) is 29.9 Å². The molecule has 0 aliphatic heterocycles. The summed E-state index contributed by atoms with van der Waals surface area (Å²) in [6.07, 6.45) is 3.15. The molecule has 1 aromatic carbocycles. The molecule has 0 saturated carbocycles. The second-order valence-electron chi connectivity index (χ2n) is 4.61. The van der Waals surface area contributed by atoms with Crippen LogP contribution in [-0.2, 0) is 5.92 Å². The summed E-state index contributed by atoms with van der Waals surface area (Å²) in [6.45, 7) is 8.17. The molecule has 4 heteroatoms. The van der Waals surface area contributed by atoms with E-state index in [0.717, 1.165) is 12.5 Å². The lowest BCUT2D eigenvalue weighted by Crippen LogP contribution is -2.10. The van der Waals surface area contributed by atoms with E-state index in [1.54, 1.807) is 6.08 Å². The molecule has 19 heavy (non-hydrogen) atoms. The first-order valence-electron chi connectivity index (χ1n) is 5.87. The number of hydrogen-bond acceptors (Lipinski definition) is 2. The highest BCUT2D eigenvalue weighted by molar-refractivity contribution is 6.12. The van der Waals surface area contributed by atoms with E-state index in [0.29, 0.717) is 17.0 Å². The van der Waals surface area contributed by atoms with Crippen molar-refractivity contribution in [2.24, 2.45) is 4.99 Å². The van der Waals surface area contributed by atoms with E-state index >= 15 is 0 Å². The molecule has 0 radical (unpaired) electrons. The van der Waals surface area contributed by atoms with Crippen molar-refractivity contribution in [1.29, 1.82) is 0 Å². The fourth-order valence-electron chi connectivity index (χ4n) is 1.61. The molecule has 0 spiro atoms. The fourth-order valence-corrected chi connectivity index (χ4v) is 1.61. The third-order valence-electron chi connectivity index (χ3n) is 2.49. The van der Waals surface area contributed by atoms with Crippen LogP contribution < -0.4 is 5.73 Å². The van der Waals surface area contributed by atoms with E-state index in [1.807, 2.05) is 13.8 Å². The number of benzene rings is 1. The van der Waals surface area contributed by atoms with Gasteiger partial charge in [0.2, 0.25) is 0 Å². The lowest BCUT2D eigenvalue weighted by atomic mass is 10.00. The van der Waals surface area contributed by atoms with Crippen LogP contribution in [0.1, 0.15) is 31.9 Å². The zero-order chi connectivity index (χ0) is 14.6. The van der Waals surface area contributed by atoms with Gasteiger partial charge in [-0.15, -0.1) is 0 Å². The minimum absolute atomic E-state index is 0.0874. The van der Waals surface area contributed by atoms with E-state index in [9.17, 15) is 8.78 Å². The molecule has 0 fully saturated rings. The van der Waals surface area contributed by atoms with E-state index < -0.39 is 5.92 Å². The Morgan fingerprint density at radius 1 is 1.37 bits per heavy atom. The first-order valence-corrected chi connectivity index (χ1v) is 5.87. The van der Waals surface area contributed by atoms with Gasteiger partial charge in [0.05, 0.1) is 5.71 Å². The van der Waals surface area contributed by atoms with Crippen molar-refractivity contribution in [2.45, 2.75) is 26.7 Å². The van der Waals surface area contributed by atoms with E-state index in [2.05, 4.69) is 11.6 Å². The summed E-state index contributed by atoms with van der Waals surface area (Å²) in [6, 6.07) is 4.17. The van der Waals surface area contributed by atoms with Gasteiger partial charge in [-0.2, -0.15) is 0 Å². The van der Waals surface area contributed by atoms with Gasteiger partial charge in [0.1, 0.15) is 0 Å². The molecule has 0 bridgehead atoms. The third kappa shape index (κ3) is 4.02. The van der Waals surface area contributed by atoms with Gasteiger partial charge >= 0.3 is 0 Å². The summed E-state index contributed by atoms with van der Waals surface area (Å²) in [4.78, 5) is 4.10. The third-order valence-corrected chi connectivity index (χ3v) is 2.49. The molecule has 2 nitrogen and oxygen atoms in total. The number of allylic oxidation sites excluding steroid dienone is 2. The van der Waals surface area contributed by atoms with Gasteiger partial charge in [0.15, 0.2) is 0 Å². The lowest BCUT2D eigenvalue weighted by molar-refractivity contribution is 0.0175. The Hall–Kier alpha value is -1.97. The van der Waals surface area contributed by atoms with Crippen molar-refractivity contribution in [1.82, 2.24) is 0 Å². The van der Waals surface area contributed by atoms with Crippen LogP contribution in [0.3, 0.4) is 0 Å². The van der Waals surface area contributed by atoms with Gasteiger partial charge in [-0.3, -0.25) is 4.99 Å². The average Bonchev–Trinajstić information content (AvgIpc) is 2.27. The normalized spacial score (nSPS) is 12.2. The molecular weight excluding hydrogens is 246 g/mol. The molecule has 0 aromatic heterocycles. The summed E-state index contributed by atoms with van der Waals surface area (Å²) >= 11 is 0. The minimum Gasteiger partial charge on any atom is -0.398 e. The highest BCUT2D eigenvalue weighted by Crippen LogP contribution is 2.29. The Labute approximate surface area is 112 Å². The smallest absolute Gasteiger partial charge is 0.270 e. The van der Waals surface area contributed by atoms with E-state index in [4.69, 9.17) is 5.73 Å². The topological polar surface area (TPSA) is 38.4 Å². The predicted octanol–water partition coefficient (Wildman–Crippen LogP) is 4.28. The second-order valence-corrected chi connectivity index (χ2v) is 4.61. The monoisotopic (exact) mass is 264 g/mol. The Bertz CT molecular complexity index is 534. The maximum Gasteiger partial charge on any atom is 0.270 e. The van der Waals surface area contributed by atoms with E-state index in [1.165, 1.54) is 24.4 Å². The summed E-state index contributed by atoms with van der Waals surface area (Å²) in [5.41, 5.74) is 8.18. The zero-order valence-corrected chi connectivity index (χ0v) is 11.4. The number of halogens is 2. The van der Waals surface area contributed by atoms with Crippen molar-refractivity contribution < 1.29 is 8.78 Å². The zero-order valence-electron chi connectivity index (χ0n) is 11.4. The molecule has 0 saturated heterocycles. The van der Waals surface area contributed by atoms with Gasteiger partial charge in [0.25, 0.3) is 5.92 Å². The molecule has 0 heterocycles. The number of anilines is 1. The van der Waals surface area contributed by atoms with Crippen molar-refractivity contribution in [2.75, 3.05) is 5.73 Å². The first-order chi connectivity index (χ1) is 8.75. The van der Waals surface area contributed by atoms with Crippen LogP contribution >= 0.6 is 0 Å². The van der Waals surface area contributed by atoms with Gasteiger partial charge in [-0.1, -0.05) is 18.2 Å². The number of nitrogen functional groups attached to an aromatic ring is 1. The Balaban J connectivity index is 3.43. The maximum atomic E-state index is 13.4. The number of nitrogens with two attached hydrogens (primary N) is 1. The molecule has 0 atom stereocenters. The van der Waals surface area contributed by atoms with Crippen LogP contribution in [0, 0.1) is 0 Å². The van der Waals surface area contributed by atoms with Crippen LogP contribution in [0.25, 0.3) is 0 Å². The largest absolute Gasteiger partial charge is 0.398 e. The Kier molecular flexibility index (Phi) is 4.59. The molecule has 1 rings (SSSR count). The van der Waals surface area contributed by atoms with Crippen molar-refractivity contribution in [3.05, 3.63) is 53.8 Å². The number of rotatable bonds is 4. The molecular formula is C15H18F2N2. The quantitative estimate of drug-likeness (QED) is 0.639. The summed E-state index contributed by atoms with van der Waals surface area (Å²) in [7, 11) is 0. The SMILES string of the molecule is C=C/N=C(\C=C(C)C)c1cc(C(C)(F)F)ccc1N. The molecule has 1 aromatic rings. The fraction of sp³-hybridized carbons (Fsp3) is 0.267. The highest BCUT2D eigenvalue weighted by Gasteiger charge is 2.25. The maximum absolute atomic E-state index is 13.4. The summed E-state index contributed by atoms with van der Waals surface area (Å²) in [5.74, 6) is -2.91. The molecule has 102 valence electrons. The van der Waals surface area contributed by atoms with Crippen molar-refractivity contribution >= 4 is 11.4 Å². The molecule has 0 aliphatic rings. The van der Waals surface area contributed by atoms with Crippen LogP contribution in [0.5, 0.6) is 0 Å². The first kappa shape index (κ1) is 15.1. The number of alkyl halides is 2. The molecule has 2 N–H and O–H groups in total. The van der Waals surface area contributed by atoms with Gasteiger partial charge < -0.3 is 5.73 Å². The lowest BCUT2D eigenvalue weighted by Gasteiger charge is -2.14. The Morgan fingerprint density at radius 2 is 2.00 bits per heavy atom. The summed E-state index contributed by atoms with van der Waals surface area (Å²) < 4.78 is 26.7. The van der Waals surface area contributed by atoms with Crippen LogP contribution in [0.4, 0.5) is 14.5 Å². The highest BCUT2D eigenvalue weighted by atomic mass is 19.3. The number of aliphatic imine (C=N–C) groups is 1.